The van der Waals surface area contributed by atoms with Crippen LogP contribution >= 0.6 is 11.3 Å². The molecule has 1 saturated heterocycles. The number of rotatable bonds is 2. The molecule has 24 heavy (non-hydrogen) atoms. The third kappa shape index (κ3) is 2.69. The maximum Gasteiger partial charge on any atom is 0.245 e. The topological polar surface area (TPSA) is 62.3 Å². The summed E-state index contributed by atoms with van der Waals surface area (Å²) in [4.78, 5) is 31.1. The quantitative estimate of drug-likeness (QED) is 0.907. The van der Waals surface area contributed by atoms with Crippen molar-refractivity contribution in [3.8, 4) is 10.6 Å². The molecule has 1 atom stereocenters. The van der Waals surface area contributed by atoms with Gasteiger partial charge in [0.2, 0.25) is 11.8 Å². The number of hydrogen-bond donors (Lipinski definition) is 1. The van der Waals surface area contributed by atoms with Crippen LogP contribution in [0.25, 0.3) is 10.6 Å². The molecule has 1 aromatic carbocycles. The summed E-state index contributed by atoms with van der Waals surface area (Å²) in [6.45, 7) is 1.06. The van der Waals surface area contributed by atoms with E-state index in [0.29, 0.717) is 42.9 Å². The van der Waals surface area contributed by atoms with E-state index in [0.717, 1.165) is 10.6 Å². The number of nitrogens with zero attached hydrogens (tertiary/aromatic N) is 2. The first kappa shape index (κ1) is 15.3. The zero-order valence-corrected chi connectivity index (χ0v) is 13.7. The van der Waals surface area contributed by atoms with Crippen LogP contribution in [0.15, 0.2) is 24.3 Å². The fraction of sp³-hybridized carbons (Fsp3) is 0.353. The van der Waals surface area contributed by atoms with Gasteiger partial charge in [0.15, 0.2) is 0 Å². The van der Waals surface area contributed by atoms with E-state index in [1.54, 1.807) is 23.1 Å². The van der Waals surface area contributed by atoms with Crippen molar-refractivity contribution in [1.82, 2.24) is 15.2 Å². The molecule has 2 aliphatic rings. The minimum absolute atomic E-state index is 0.0349. The first-order chi connectivity index (χ1) is 11.6. The maximum absolute atomic E-state index is 13.9. The molecule has 0 spiro atoms. The fourth-order valence-electron chi connectivity index (χ4n) is 3.15. The number of thiazole rings is 1. The molecule has 7 heteroatoms. The Hall–Kier alpha value is -2.28. The molecular formula is C17H16FN3O2S. The van der Waals surface area contributed by atoms with Crippen molar-refractivity contribution in [1.29, 1.82) is 0 Å². The molecule has 2 aromatic rings. The molecule has 0 bridgehead atoms. The molecule has 1 N–H and O–H groups in total. The van der Waals surface area contributed by atoms with Crippen LogP contribution in [0.4, 0.5) is 4.39 Å². The van der Waals surface area contributed by atoms with E-state index in [9.17, 15) is 14.0 Å². The lowest BCUT2D eigenvalue weighted by molar-refractivity contribution is -0.135. The summed E-state index contributed by atoms with van der Waals surface area (Å²) in [6, 6.07) is 6.18. The first-order valence-electron chi connectivity index (χ1n) is 7.93. The van der Waals surface area contributed by atoms with Crippen LogP contribution in [0.1, 0.15) is 23.4 Å². The lowest BCUT2D eigenvalue weighted by Gasteiger charge is -2.28. The summed E-state index contributed by atoms with van der Waals surface area (Å²) >= 11 is 1.43. The Labute approximate surface area is 142 Å². The Balaban J connectivity index is 1.54. The SMILES string of the molecule is O=C1CC[C@@H](C(=O)N2CCc3nc(-c4ccccc4F)sc3C2)N1. The van der Waals surface area contributed by atoms with E-state index >= 15 is 0 Å². The van der Waals surface area contributed by atoms with Crippen LogP contribution < -0.4 is 5.32 Å². The molecule has 0 unspecified atom stereocenters. The Kier molecular flexibility index (Phi) is 3.80. The average molecular weight is 345 g/mol. The minimum atomic E-state index is -0.405. The van der Waals surface area contributed by atoms with Crippen molar-refractivity contribution in [2.24, 2.45) is 0 Å². The van der Waals surface area contributed by atoms with Gasteiger partial charge in [-0.2, -0.15) is 0 Å². The highest BCUT2D eigenvalue weighted by Gasteiger charge is 2.33. The molecular weight excluding hydrogens is 329 g/mol. The summed E-state index contributed by atoms with van der Waals surface area (Å²) in [5.41, 5.74) is 1.44. The van der Waals surface area contributed by atoms with E-state index < -0.39 is 6.04 Å². The Morgan fingerprint density at radius 2 is 2.17 bits per heavy atom. The van der Waals surface area contributed by atoms with Crippen LogP contribution in [0.3, 0.4) is 0 Å². The second-order valence-corrected chi connectivity index (χ2v) is 7.12. The second kappa shape index (κ2) is 5.98. The van der Waals surface area contributed by atoms with Crippen molar-refractivity contribution in [3.05, 3.63) is 40.7 Å². The molecule has 5 nitrogen and oxygen atoms in total. The second-order valence-electron chi connectivity index (χ2n) is 6.04. The van der Waals surface area contributed by atoms with Gasteiger partial charge in [0, 0.05) is 29.8 Å². The van der Waals surface area contributed by atoms with E-state index in [-0.39, 0.29) is 17.6 Å². The van der Waals surface area contributed by atoms with Crippen LogP contribution in [0, 0.1) is 5.82 Å². The predicted octanol–water partition coefficient (Wildman–Crippen LogP) is 2.11. The van der Waals surface area contributed by atoms with E-state index in [2.05, 4.69) is 10.3 Å². The number of amides is 2. The largest absolute Gasteiger partial charge is 0.344 e. The maximum atomic E-state index is 13.9. The van der Waals surface area contributed by atoms with E-state index in [1.807, 2.05) is 0 Å². The predicted molar refractivity (Wildman–Crippen MR) is 87.8 cm³/mol. The molecule has 2 aliphatic heterocycles. The van der Waals surface area contributed by atoms with Crippen LogP contribution in [-0.4, -0.2) is 34.3 Å². The summed E-state index contributed by atoms with van der Waals surface area (Å²) in [5, 5.41) is 3.38. The molecule has 0 aliphatic carbocycles. The summed E-state index contributed by atoms with van der Waals surface area (Å²) < 4.78 is 13.9. The number of benzene rings is 1. The number of carbonyl (C=O) groups excluding carboxylic acids is 2. The number of hydrogen-bond acceptors (Lipinski definition) is 4. The van der Waals surface area contributed by atoms with Gasteiger partial charge in [0.25, 0.3) is 0 Å². The normalized spacial score (nSPS) is 20.0. The molecule has 2 amide bonds. The highest BCUT2D eigenvalue weighted by Crippen LogP contribution is 2.33. The standard InChI is InChI=1S/C17H16FN3O2S/c18-11-4-2-1-3-10(11)16-20-12-7-8-21(9-14(12)24-16)17(23)13-5-6-15(22)19-13/h1-4,13H,5-9H2,(H,19,22)/t13-/m0/s1. The molecule has 1 fully saturated rings. The summed E-state index contributed by atoms with van der Waals surface area (Å²) in [7, 11) is 0. The Morgan fingerprint density at radius 3 is 2.92 bits per heavy atom. The van der Waals surface area contributed by atoms with Crippen molar-refractivity contribution in [2.75, 3.05) is 6.54 Å². The average Bonchev–Trinajstić information content (AvgIpc) is 3.20. The third-order valence-corrected chi connectivity index (χ3v) is 5.56. The Bertz CT molecular complexity index is 820. The number of aromatic nitrogens is 1. The first-order valence-corrected chi connectivity index (χ1v) is 8.75. The smallest absolute Gasteiger partial charge is 0.245 e. The fourth-order valence-corrected chi connectivity index (χ4v) is 4.30. The summed E-state index contributed by atoms with van der Waals surface area (Å²) in [6.07, 6.45) is 1.63. The third-order valence-electron chi connectivity index (χ3n) is 4.44. The van der Waals surface area contributed by atoms with Crippen molar-refractivity contribution in [3.63, 3.8) is 0 Å². The number of carbonyl (C=O) groups is 2. The highest BCUT2D eigenvalue weighted by molar-refractivity contribution is 7.15. The van der Waals surface area contributed by atoms with Gasteiger partial charge in [-0.05, 0) is 18.6 Å². The zero-order valence-electron chi connectivity index (χ0n) is 12.9. The van der Waals surface area contributed by atoms with Crippen molar-refractivity contribution >= 4 is 23.2 Å². The van der Waals surface area contributed by atoms with Crippen LogP contribution in [-0.2, 0) is 22.6 Å². The number of halogens is 1. The lowest BCUT2D eigenvalue weighted by Crippen LogP contribution is -2.46. The van der Waals surface area contributed by atoms with Crippen molar-refractivity contribution in [2.45, 2.75) is 31.8 Å². The van der Waals surface area contributed by atoms with E-state index in [4.69, 9.17) is 0 Å². The molecule has 1 aromatic heterocycles. The summed E-state index contributed by atoms with van der Waals surface area (Å²) in [5.74, 6) is -0.386. The minimum Gasteiger partial charge on any atom is -0.344 e. The van der Waals surface area contributed by atoms with Gasteiger partial charge < -0.3 is 10.2 Å². The Morgan fingerprint density at radius 1 is 1.33 bits per heavy atom. The van der Waals surface area contributed by atoms with Crippen molar-refractivity contribution < 1.29 is 14.0 Å². The van der Waals surface area contributed by atoms with Gasteiger partial charge in [0.05, 0.1) is 12.2 Å². The van der Waals surface area contributed by atoms with Gasteiger partial charge in [-0.25, -0.2) is 9.37 Å². The number of nitrogens with one attached hydrogen (secondary N) is 1. The molecule has 3 heterocycles. The van der Waals surface area contributed by atoms with Gasteiger partial charge in [-0.1, -0.05) is 12.1 Å². The monoisotopic (exact) mass is 345 g/mol. The van der Waals surface area contributed by atoms with Gasteiger partial charge in [-0.3, -0.25) is 9.59 Å². The van der Waals surface area contributed by atoms with Crippen LogP contribution in [0.2, 0.25) is 0 Å². The highest BCUT2D eigenvalue weighted by atomic mass is 32.1. The van der Waals surface area contributed by atoms with Gasteiger partial charge in [-0.15, -0.1) is 11.3 Å². The van der Waals surface area contributed by atoms with E-state index in [1.165, 1.54) is 17.4 Å². The van der Waals surface area contributed by atoms with Gasteiger partial charge >= 0.3 is 0 Å². The molecule has 0 saturated carbocycles. The van der Waals surface area contributed by atoms with Crippen LogP contribution in [0.5, 0.6) is 0 Å². The zero-order chi connectivity index (χ0) is 16.7. The molecule has 124 valence electrons. The molecule has 0 radical (unpaired) electrons. The van der Waals surface area contributed by atoms with Gasteiger partial charge in [0.1, 0.15) is 16.9 Å². The number of fused-ring (bicyclic) bond motifs is 1. The lowest BCUT2D eigenvalue weighted by atomic mass is 10.1. The molecule has 4 rings (SSSR count).